The first kappa shape index (κ1) is 17.1. The van der Waals surface area contributed by atoms with Crippen molar-refractivity contribution in [2.45, 2.75) is 44.6 Å². The van der Waals surface area contributed by atoms with Crippen LogP contribution in [-0.4, -0.2) is 12.1 Å². The fraction of sp³-hybridized carbons (Fsp3) is 0.353. The monoisotopic (exact) mass is 331 g/mol. The number of aromatic amines is 1. The van der Waals surface area contributed by atoms with Gasteiger partial charge in [0.25, 0.3) is 5.03 Å². The molecule has 0 unspecified atom stereocenters. The van der Waals surface area contributed by atoms with Gasteiger partial charge in [0.15, 0.2) is 5.69 Å². The third kappa shape index (κ3) is 4.36. The van der Waals surface area contributed by atoms with Crippen molar-refractivity contribution in [1.29, 1.82) is 5.26 Å². The number of furan rings is 1. The highest BCUT2D eigenvalue weighted by Gasteiger charge is 2.18. The van der Waals surface area contributed by atoms with E-state index in [0.29, 0.717) is 17.1 Å². The lowest BCUT2D eigenvalue weighted by atomic mass is 10.1. The molecule has 2 heterocycles. The van der Waals surface area contributed by atoms with Crippen molar-refractivity contribution < 1.29 is 18.9 Å². The first-order valence-electron chi connectivity index (χ1n) is 7.26. The molecule has 1 N–H and O–H groups in total. The number of pyridine rings is 1. The van der Waals surface area contributed by atoms with Crippen LogP contribution in [-0.2, 0) is 10.5 Å². The summed E-state index contributed by atoms with van der Waals surface area (Å²) in [6.07, 6.45) is -0.187. The predicted molar refractivity (Wildman–Crippen MR) is 86.0 cm³/mol. The van der Waals surface area contributed by atoms with E-state index in [0.717, 1.165) is 16.3 Å². The van der Waals surface area contributed by atoms with Gasteiger partial charge in [0.2, 0.25) is 5.76 Å². The molecule has 0 fully saturated rings. The molecule has 120 valence electrons. The summed E-state index contributed by atoms with van der Waals surface area (Å²) >= 11 is 1.47. The summed E-state index contributed by atoms with van der Waals surface area (Å²) in [4.78, 5) is 15.0. The Kier molecular flexibility index (Phi) is 5.45. The van der Waals surface area contributed by atoms with E-state index in [9.17, 15) is 10.1 Å². The van der Waals surface area contributed by atoms with Crippen LogP contribution in [0.3, 0.4) is 0 Å². The van der Waals surface area contributed by atoms with Crippen molar-refractivity contribution in [2.24, 2.45) is 0 Å². The van der Waals surface area contributed by atoms with Crippen LogP contribution in [0.4, 0.5) is 0 Å². The van der Waals surface area contributed by atoms with Gasteiger partial charge in [0.1, 0.15) is 17.4 Å². The molecule has 2 aromatic rings. The number of nitrogens with zero attached hydrogens (tertiary/aromatic N) is 1. The normalized spacial score (nSPS) is 10.6. The third-order valence-electron chi connectivity index (χ3n) is 3.04. The van der Waals surface area contributed by atoms with E-state index in [4.69, 9.17) is 9.15 Å². The quantitative estimate of drug-likeness (QED) is 0.619. The summed E-state index contributed by atoms with van der Waals surface area (Å²) < 4.78 is 10.6. The van der Waals surface area contributed by atoms with Crippen molar-refractivity contribution in [3.63, 3.8) is 0 Å². The number of hydrogen-bond acceptors (Lipinski definition) is 5. The van der Waals surface area contributed by atoms with E-state index >= 15 is 0 Å². The summed E-state index contributed by atoms with van der Waals surface area (Å²) in [5.74, 6) is 0.900. The van der Waals surface area contributed by atoms with Gasteiger partial charge in [-0.2, -0.15) is 5.26 Å². The lowest BCUT2D eigenvalue weighted by Crippen LogP contribution is -2.14. The number of ether oxygens (including phenoxy) is 1. The molecular weight excluding hydrogens is 312 g/mol. The van der Waals surface area contributed by atoms with Gasteiger partial charge >= 0.3 is 5.97 Å². The number of nitrogens with one attached hydrogen (secondary N) is 1. The highest BCUT2D eigenvalue weighted by Crippen LogP contribution is 2.25. The summed E-state index contributed by atoms with van der Waals surface area (Å²) in [6, 6.07) is 7.51. The molecule has 0 atom stereocenters. The molecule has 0 aliphatic carbocycles. The van der Waals surface area contributed by atoms with Gasteiger partial charge in [-0.25, -0.2) is 9.78 Å². The number of aromatic nitrogens is 1. The number of carbonyl (C=O) groups is 1. The maximum absolute atomic E-state index is 11.8. The largest absolute Gasteiger partial charge is 0.457 e. The van der Waals surface area contributed by atoms with E-state index in [1.807, 2.05) is 19.9 Å². The molecule has 0 aromatic carbocycles. The zero-order valence-electron chi connectivity index (χ0n) is 13.6. The Balaban J connectivity index is 2.09. The molecule has 6 heteroatoms. The zero-order valence-corrected chi connectivity index (χ0v) is 14.4. The highest BCUT2D eigenvalue weighted by atomic mass is 32.2. The van der Waals surface area contributed by atoms with Crippen LogP contribution in [0.2, 0.25) is 0 Å². The maximum atomic E-state index is 11.8. The summed E-state index contributed by atoms with van der Waals surface area (Å²) in [6.45, 7) is 7.44. The van der Waals surface area contributed by atoms with Crippen LogP contribution in [0.15, 0.2) is 27.6 Å². The van der Waals surface area contributed by atoms with E-state index in [1.165, 1.54) is 11.8 Å². The summed E-state index contributed by atoms with van der Waals surface area (Å²) in [7, 11) is 0. The minimum absolute atomic E-state index is 0.187. The van der Waals surface area contributed by atoms with Crippen molar-refractivity contribution >= 4 is 17.7 Å². The van der Waals surface area contributed by atoms with Crippen LogP contribution >= 0.6 is 11.8 Å². The van der Waals surface area contributed by atoms with Crippen molar-refractivity contribution in [3.05, 3.63) is 46.5 Å². The number of aryl methyl sites for hydroxylation is 2. The lowest BCUT2D eigenvalue weighted by Gasteiger charge is -2.05. The molecular formula is C17H19N2O3S+. The van der Waals surface area contributed by atoms with Crippen LogP contribution < -0.4 is 4.98 Å². The Morgan fingerprint density at radius 1 is 1.43 bits per heavy atom. The number of esters is 1. The fourth-order valence-electron chi connectivity index (χ4n) is 2.08. The second kappa shape index (κ2) is 7.34. The topological polar surface area (TPSA) is 77.4 Å². The molecule has 0 saturated carbocycles. The molecule has 2 aromatic heterocycles. The summed E-state index contributed by atoms with van der Waals surface area (Å²) in [5.41, 5.74) is 2.56. The fourth-order valence-corrected chi connectivity index (χ4v) is 3.11. The molecule has 0 amide bonds. The average molecular weight is 331 g/mol. The van der Waals surface area contributed by atoms with Gasteiger partial charge in [-0.05, 0) is 50.2 Å². The average Bonchev–Trinajstić information content (AvgIpc) is 2.93. The molecule has 0 radical (unpaired) electrons. The molecule has 0 spiro atoms. The van der Waals surface area contributed by atoms with E-state index in [-0.39, 0.29) is 11.9 Å². The Bertz CT molecular complexity index is 760. The number of thioether (sulfide) groups is 1. The van der Waals surface area contributed by atoms with E-state index in [1.54, 1.807) is 26.0 Å². The first-order valence-corrected chi connectivity index (χ1v) is 8.25. The molecule has 0 aliphatic rings. The van der Waals surface area contributed by atoms with Gasteiger partial charge in [0, 0.05) is 13.0 Å². The lowest BCUT2D eigenvalue weighted by molar-refractivity contribution is -0.435. The molecule has 2 rings (SSSR count). The smallest absolute Gasteiger partial charge is 0.374 e. The second-order valence-electron chi connectivity index (χ2n) is 5.46. The molecule has 0 bridgehead atoms. The third-order valence-corrected chi connectivity index (χ3v) is 4.06. The Morgan fingerprint density at radius 3 is 2.83 bits per heavy atom. The highest BCUT2D eigenvalue weighted by molar-refractivity contribution is 7.98. The number of hydrogen-bond donors (Lipinski definition) is 0. The Labute approximate surface area is 139 Å². The van der Waals surface area contributed by atoms with Crippen molar-refractivity contribution in [3.8, 4) is 6.07 Å². The van der Waals surface area contributed by atoms with Crippen LogP contribution in [0, 0.1) is 25.2 Å². The zero-order chi connectivity index (χ0) is 17.0. The van der Waals surface area contributed by atoms with E-state index < -0.39 is 5.97 Å². The van der Waals surface area contributed by atoms with Gasteiger partial charge in [-0.15, -0.1) is 0 Å². The second-order valence-corrected chi connectivity index (χ2v) is 6.45. The molecule has 5 nitrogen and oxygen atoms in total. The predicted octanol–water partition coefficient (Wildman–Crippen LogP) is 3.44. The molecule has 0 aliphatic heterocycles. The van der Waals surface area contributed by atoms with Crippen LogP contribution in [0.25, 0.3) is 0 Å². The van der Waals surface area contributed by atoms with Gasteiger partial charge in [-0.1, -0.05) is 0 Å². The SMILES string of the molecule is Cc1cc(C)c(C#N)c(SCc2ccc(C(=O)OC(C)C)o2)[nH+]1. The first-order chi connectivity index (χ1) is 10.9. The number of carbonyl (C=O) groups excluding carboxylic acids is 1. The van der Waals surface area contributed by atoms with E-state index in [2.05, 4.69) is 11.1 Å². The molecule has 0 saturated heterocycles. The number of nitriles is 1. The van der Waals surface area contributed by atoms with Gasteiger partial charge in [-0.3, -0.25) is 0 Å². The van der Waals surface area contributed by atoms with Crippen molar-refractivity contribution in [2.75, 3.05) is 0 Å². The van der Waals surface area contributed by atoms with Gasteiger partial charge < -0.3 is 9.15 Å². The Hall–Kier alpha value is -2.26. The van der Waals surface area contributed by atoms with Gasteiger partial charge in [0.05, 0.1) is 11.9 Å². The minimum atomic E-state index is -0.466. The Morgan fingerprint density at radius 2 is 2.17 bits per heavy atom. The maximum Gasteiger partial charge on any atom is 0.374 e. The molecule has 23 heavy (non-hydrogen) atoms. The standard InChI is InChI=1S/C17H18N2O3S/c1-10(2)21-17(20)15-6-5-13(22-15)9-23-16-14(8-18)11(3)7-12(4)19-16/h5-7,10H,9H2,1-4H3/p+1. The summed E-state index contributed by atoms with van der Waals surface area (Å²) in [5, 5.41) is 10.1. The minimum Gasteiger partial charge on any atom is -0.457 e. The van der Waals surface area contributed by atoms with Crippen LogP contribution in [0.1, 0.15) is 47.0 Å². The number of H-pyrrole nitrogens is 1. The number of rotatable bonds is 5. The van der Waals surface area contributed by atoms with Crippen molar-refractivity contribution in [1.82, 2.24) is 0 Å². The van der Waals surface area contributed by atoms with Crippen LogP contribution in [0.5, 0.6) is 0 Å².